The summed E-state index contributed by atoms with van der Waals surface area (Å²) in [6, 6.07) is 0. The molecule has 0 aromatic rings. The fourth-order valence-electron chi connectivity index (χ4n) is 1.48. The first-order valence-electron chi connectivity index (χ1n) is 5.52. The van der Waals surface area contributed by atoms with Crippen molar-refractivity contribution in [3.63, 3.8) is 0 Å². The number of carboxylic acids is 4. The van der Waals surface area contributed by atoms with Gasteiger partial charge in [0.25, 0.3) is 0 Å². The van der Waals surface area contributed by atoms with Gasteiger partial charge in [-0.05, 0) is 0 Å². The van der Waals surface area contributed by atoms with E-state index >= 15 is 0 Å². The molecule has 0 aliphatic heterocycles. The second kappa shape index (κ2) is 24.8. The Bertz CT molecular complexity index is 334. The van der Waals surface area contributed by atoms with Crippen molar-refractivity contribution in [1.82, 2.24) is 9.80 Å². The number of rotatable bonds is 11. The number of carbonyl (C=O) groups is 4. The molecule has 0 bridgehead atoms. The SMILES string of the molecule is O=C(O)CN(CCN(CC(=O)O)CC(=O)O)CC(=O)O.[Na+].[Na+].[Na+].[Na+].[Na+]. The topological polar surface area (TPSA) is 156 Å². The van der Waals surface area contributed by atoms with Gasteiger partial charge >= 0.3 is 172 Å². The van der Waals surface area contributed by atoms with Crippen molar-refractivity contribution in [1.29, 1.82) is 0 Å². The van der Waals surface area contributed by atoms with Gasteiger partial charge in [-0.15, -0.1) is 0 Å². The fourth-order valence-corrected chi connectivity index (χ4v) is 1.48. The summed E-state index contributed by atoms with van der Waals surface area (Å²) in [6.45, 7) is -2.25. The van der Waals surface area contributed by atoms with Crippen molar-refractivity contribution in [3.05, 3.63) is 0 Å². The molecule has 0 amide bonds. The van der Waals surface area contributed by atoms with Crippen LogP contribution in [-0.4, -0.2) is 93.4 Å². The molecule has 0 saturated carbocycles. The smallest absolute Gasteiger partial charge is 0.480 e. The van der Waals surface area contributed by atoms with Crippen LogP contribution in [0, 0.1) is 0 Å². The van der Waals surface area contributed by atoms with Crippen molar-refractivity contribution in [2.24, 2.45) is 0 Å². The molecule has 0 aliphatic carbocycles. The van der Waals surface area contributed by atoms with E-state index in [2.05, 4.69) is 0 Å². The molecule has 0 fully saturated rings. The van der Waals surface area contributed by atoms with Crippen LogP contribution in [0.4, 0.5) is 0 Å². The summed E-state index contributed by atoms with van der Waals surface area (Å²) in [4.78, 5) is 44.4. The maximum absolute atomic E-state index is 10.6. The molecule has 0 saturated heterocycles. The predicted octanol–water partition coefficient (Wildman–Crippen LogP) is -17.1. The second-order valence-electron chi connectivity index (χ2n) is 4.00. The average molecular weight is 407 g/mol. The van der Waals surface area contributed by atoms with Crippen LogP contribution >= 0.6 is 0 Å². The summed E-state index contributed by atoms with van der Waals surface area (Å²) in [7, 11) is 0. The normalized spacial score (nSPS) is 8.56. The van der Waals surface area contributed by atoms with Crippen LogP contribution in [0.25, 0.3) is 0 Å². The van der Waals surface area contributed by atoms with Gasteiger partial charge in [-0.25, -0.2) is 0 Å². The summed E-state index contributed by atoms with van der Waals surface area (Å²) in [6.07, 6.45) is 0. The van der Waals surface area contributed by atoms with Gasteiger partial charge in [0.15, 0.2) is 0 Å². The van der Waals surface area contributed by atoms with E-state index in [9.17, 15) is 19.2 Å². The van der Waals surface area contributed by atoms with Gasteiger partial charge in [0, 0.05) is 13.1 Å². The first-order valence-corrected chi connectivity index (χ1v) is 5.52. The number of hydrogen-bond donors (Lipinski definition) is 4. The van der Waals surface area contributed by atoms with Crippen LogP contribution < -0.4 is 148 Å². The molecule has 0 atom stereocenters. The minimum atomic E-state index is -1.23. The quantitative estimate of drug-likeness (QED) is 0.243. The van der Waals surface area contributed by atoms with Crippen molar-refractivity contribution in [2.45, 2.75) is 0 Å². The summed E-state index contributed by atoms with van der Waals surface area (Å²) in [5.74, 6) is -4.91. The van der Waals surface area contributed by atoms with Crippen LogP contribution in [0.15, 0.2) is 0 Å². The van der Waals surface area contributed by atoms with Crippen molar-refractivity contribution >= 4 is 23.9 Å². The van der Waals surface area contributed by atoms with Gasteiger partial charge < -0.3 is 20.4 Å². The Morgan fingerprint density at radius 1 is 0.480 bits per heavy atom. The summed E-state index contributed by atoms with van der Waals surface area (Å²) in [5.41, 5.74) is 0. The molecule has 114 valence electrons. The molecular weight excluding hydrogens is 391 g/mol. The Balaban J connectivity index is -0.000000180. The number of hydrogen-bond acceptors (Lipinski definition) is 6. The molecule has 0 aromatic carbocycles. The molecule has 0 radical (unpaired) electrons. The summed E-state index contributed by atoms with van der Waals surface area (Å²) < 4.78 is 0. The second-order valence-corrected chi connectivity index (χ2v) is 4.00. The molecule has 4 N–H and O–H groups in total. The van der Waals surface area contributed by atoms with E-state index in [-0.39, 0.29) is 161 Å². The third-order valence-electron chi connectivity index (χ3n) is 2.17. The molecule has 0 unspecified atom stereocenters. The van der Waals surface area contributed by atoms with Crippen LogP contribution in [0.3, 0.4) is 0 Å². The van der Waals surface area contributed by atoms with Gasteiger partial charge in [-0.3, -0.25) is 29.0 Å². The van der Waals surface area contributed by atoms with E-state index in [1.165, 1.54) is 0 Å². The van der Waals surface area contributed by atoms with Gasteiger partial charge in [0.05, 0.1) is 26.2 Å². The van der Waals surface area contributed by atoms with Crippen LogP contribution in [0.1, 0.15) is 0 Å². The first kappa shape index (κ1) is 42.0. The summed E-state index contributed by atoms with van der Waals surface area (Å²) in [5, 5.41) is 34.5. The van der Waals surface area contributed by atoms with Crippen molar-refractivity contribution in [2.75, 3.05) is 39.3 Å². The molecule has 0 heterocycles. The number of nitrogens with zero attached hydrogens (tertiary/aromatic N) is 2. The standard InChI is InChI=1S/C10H16N2O8.5Na/c13-7(14)3-11(4-8(15)16)1-2-12(5-9(17)18)6-10(19)20;;;;;/h1-6H2,(H,13,14)(H,15,16)(H,17,18)(H,19,20);;;;;/q;5*+1. The third-order valence-corrected chi connectivity index (χ3v) is 2.17. The Kier molecular flexibility index (Phi) is 41.7. The Labute approximate surface area is 255 Å². The van der Waals surface area contributed by atoms with E-state index in [0.717, 1.165) is 9.80 Å². The molecular formula is C10H16N2Na5O8+5. The van der Waals surface area contributed by atoms with Crippen LogP contribution in [0.2, 0.25) is 0 Å². The zero-order valence-corrected chi connectivity index (χ0v) is 25.6. The number of carboxylic acid groups (broad SMARTS) is 4. The third kappa shape index (κ3) is 29.1. The van der Waals surface area contributed by atoms with Crippen LogP contribution in [0.5, 0.6) is 0 Å². The maximum Gasteiger partial charge on any atom is 1.00 e. The van der Waals surface area contributed by atoms with Gasteiger partial charge in [0.2, 0.25) is 0 Å². The molecule has 0 rings (SSSR count). The molecule has 25 heavy (non-hydrogen) atoms. The Hall–Kier alpha value is 2.80. The number of aliphatic carboxylic acids is 4. The fraction of sp³-hybridized carbons (Fsp3) is 0.600. The van der Waals surface area contributed by atoms with Crippen LogP contribution in [-0.2, 0) is 19.2 Å². The molecule has 10 nitrogen and oxygen atoms in total. The zero-order valence-electron chi connectivity index (χ0n) is 15.6. The van der Waals surface area contributed by atoms with E-state index in [0.29, 0.717) is 0 Å². The van der Waals surface area contributed by atoms with E-state index < -0.39 is 50.1 Å². The zero-order chi connectivity index (χ0) is 15.7. The first-order chi connectivity index (χ1) is 9.20. The largest absolute Gasteiger partial charge is 1.00 e. The Morgan fingerprint density at radius 3 is 0.760 bits per heavy atom. The van der Waals surface area contributed by atoms with E-state index in [1.807, 2.05) is 0 Å². The average Bonchev–Trinajstić information content (AvgIpc) is 2.22. The minimum Gasteiger partial charge on any atom is -0.480 e. The molecule has 0 aliphatic rings. The van der Waals surface area contributed by atoms with Crippen molar-refractivity contribution in [3.8, 4) is 0 Å². The predicted molar refractivity (Wildman–Crippen MR) is 63.4 cm³/mol. The summed E-state index contributed by atoms with van der Waals surface area (Å²) >= 11 is 0. The molecule has 0 aromatic heterocycles. The monoisotopic (exact) mass is 407 g/mol. The van der Waals surface area contributed by atoms with Crippen molar-refractivity contribution < 1.29 is 187 Å². The molecule has 0 spiro atoms. The molecule has 15 heteroatoms. The van der Waals surface area contributed by atoms with Gasteiger partial charge in [-0.2, -0.15) is 0 Å². The Morgan fingerprint density at radius 2 is 0.640 bits per heavy atom. The van der Waals surface area contributed by atoms with Gasteiger partial charge in [-0.1, -0.05) is 0 Å². The maximum atomic E-state index is 10.6. The van der Waals surface area contributed by atoms with E-state index in [4.69, 9.17) is 20.4 Å². The van der Waals surface area contributed by atoms with E-state index in [1.54, 1.807) is 0 Å². The minimum absolute atomic E-state index is 0. The van der Waals surface area contributed by atoms with Gasteiger partial charge in [0.1, 0.15) is 0 Å².